The highest BCUT2D eigenvalue weighted by atomic mass is 16.4. The number of benzene rings is 4. The third-order valence-corrected chi connectivity index (χ3v) is 5.77. The van der Waals surface area contributed by atoms with Crippen molar-refractivity contribution in [2.75, 3.05) is 0 Å². The summed E-state index contributed by atoms with van der Waals surface area (Å²) in [5, 5.41) is 17.6. The summed E-state index contributed by atoms with van der Waals surface area (Å²) in [5.41, 5.74) is 1.81. The summed E-state index contributed by atoms with van der Waals surface area (Å²) in [6.07, 6.45) is 1.79. The van der Waals surface area contributed by atoms with Crippen LogP contribution in [0.15, 0.2) is 91.1 Å². The zero-order valence-electron chi connectivity index (χ0n) is 17.2. The maximum atomic E-state index is 13.1. The molecule has 0 fully saturated rings. The van der Waals surface area contributed by atoms with Gasteiger partial charge in [-0.25, -0.2) is 4.79 Å². The molecule has 5 nitrogen and oxygen atoms in total. The number of para-hydroxylation sites is 1. The summed E-state index contributed by atoms with van der Waals surface area (Å²) in [5.74, 6) is -1.53. The summed E-state index contributed by atoms with van der Waals surface area (Å²) >= 11 is 0. The number of nitrogens with zero attached hydrogens (tertiary/aromatic N) is 1. The van der Waals surface area contributed by atoms with Crippen molar-refractivity contribution in [3.05, 3.63) is 102 Å². The summed E-state index contributed by atoms with van der Waals surface area (Å²) in [4.78, 5) is 29.6. The fourth-order valence-electron chi connectivity index (χ4n) is 4.26. The minimum atomic E-state index is -1.09. The number of pyridine rings is 1. The topological polar surface area (TPSA) is 79.3 Å². The van der Waals surface area contributed by atoms with Crippen molar-refractivity contribution in [3.8, 4) is 0 Å². The number of amides is 1. The Labute approximate surface area is 184 Å². The molecular formula is C27H20N2O3. The largest absolute Gasteiger partial charge is 0.480 e. The number of nitrogens with one attached hydrogen (secondary N) is 1. The highest BCUT2D eigenvalue weighted by Gasteiger charge is 2.24. The molecule has 0 unspecified atom stereocenters. The molecule has 0 aliphatic rings. The summed E-state index contributed by atoms with van der Waals surface area (Å²) < 4.78 is 0. The molecule has 0 saturated heterocycles. The molecule has 1 heterocycles. The van der Waals surface area contributed by atoms with Crippen molar-refractivity contribution in [2.45, 2.75) is 12.5 Å². The van der Waals surface area contributed by atoms with Crippen LogP contribution in [0.3, 0.4) is 0 Å². The van der Waals surface area contributed by atoms with Gasteiger partial charge in [-0.15, -0.1) is 0 Å². The lowest BCUT2D eigenvalue weighted by molar-refractivity contribution is -0.139. The van der Waals surface area contributed by atoms with E-state index in [0.717, 1.165) is 32.5 Å². The van der Waals surface area contributed by atoms with Gasteiger partial charge >= 0.3 is 5.97 Å². The average Bonchev–Trinajstić information content (AvgIpc) is 2.82. The van der Waals surface area contributed by atoms with Gasteiger partial charge in [-0.05, 0) is 45.3 Å². The Balaban J connectivity index is 1.55. The van der Waals surface area contributed by atoms with Crippen LogP contribution in [-0.2, 0) is 11.2 Å². The number of hydrogen-bond acceptors (Lipinski definition) is 3. The van der Waals surface area contributed by atoms with Gasteiger partial charge < -0.3 is 10.4 Å². The monoisotopic (exact) mass is 420 g/mol. The van der Waals surface area contributed by atoms with E-state index in [-0.39, 0.29) is 6.42 Å². The van der Waals surface area contributed by atoms with Gasteiger partial charge in [-0.2, -0.15) is 0 Å². The van der Waals surface area contributed by atoms with Crippen molar-refractivity contribution >= 4 is 44.3 Å². The second kappa shape index (κ2) is 8.12. The molecule has 5 rings (SSSR count). The molecule has 0 spiro atoms. The van der Waals surface area contributed by atoms with Crippen LogP contribution in [0.4, 0.5) is 0 Å². The molecule has 0 saturated carbocycles. The van der Waals surface area contributed by atoms with Crippen LogP contribution in [0.2, 0.25) is 0 Å². The molecule has 2 N–H and O–H groups in total. The van der Waals surface area contributed by atoms with E-state index in [9.17, 15) is 14.7 Å². The normalized spacial score (nSPS) is 12.1. The maximum absolute atomic E-state index is 13.1. The third-order valence-electron chi connectivity index (χ3n) is 5.77. The number of fused-ring (bicyclic) bond motifs is 3. The molecule has 1 atom stereocenters. The van der Waals surface area contributed by atoms with E-state index in [1.807, 2.05) is 60.7 Å². The van der Waals surface area contributed by atoms with E-state index in [1.165, 1.54) is 0 Å². The molecule has 5 aromatic rings. The molecule has 0 radical (unpaired) electrons. The number of carbonyl (C=O) groups excluding carboxylic acids is 1. The molecule has 156 valence electrons. The fraction of sp³-hybridized carbons (Fsp3) is 0.0741. The summed E-state index contributed by atoms with van der Waals surface area (Å²) in [7, 11) is 0. The number of carboxylic acid groups (broad SMARTS) is 1. The van der Waals surface area contributed by atoms with Gasteiger partial charge in [0, 0.05) is 18.0 Å². The number of carboxylic acids is 1. The molecule has 4 aromatic carbocycles. The highest BCUT2D eigenvalue weighted by Crippen LogP contribution is 2.29. The summed E-state index contributed by atoms with van der Waals surface area (Å²) in [6.45, 7) is 0. The van der Waals surface area contributed by atoms with Gasteiger partial charge in [0.2, 0.25) is 0 Å². The molecule has 32 heavy (non-hydrogen) atoms. The standard InChI is InChI=1S/C27H20N2O3/c30-26(22-13-5-9-17-10-6-14-28-25(17)22)29-24(27(31)32)16-23-20-11-3-1-7-18(20)15-19-8-2-4-12-21(19)23/h1-15,24H,16H2,(H,29,30)(H,31,32)/t24-/m1/s1. The quantitative estimate of drug-likeness (QED) is 0.394. The second-order valence-electron chi connectivity index (χ2n) is 7.75. The molecule has 1 amide bonds. The third kappa shape index (κ3) is 3.54. The Morgan fingerprint density at radius 3 is 2.12 bits per heavy atom. The molecule has 0 aliphatic heterocycles. The molecule has 0 bridgehead atoms. The van der Waals surface area contributed by atoms with Crippen molar-refractivity contribution in [1.29, 1.82) is 0 Å². The zero-order valence-corrected chi connectivity index (χ0v) is 17.2. The first-order chi connectivity index (χ1) is 15.6. The van der Waals surface area contributed by atoms with Crippen LogP contribution in [-0.4, -0.2) is 28.0 Å². The Morgan fingerprint density at radius 2 is 1.44 bits per heavy atom. The van der Waals surface area contributed by atoms with Gasteiger partial charge in [0.25, 0.3) is 5.91 Å². The number of carbonyl (C=O) groups is 2. The van der Waals surface area contributed by atoms with E-state index >= 15 is 0 Å². The van der Waals surface area contributed by atoms with Crippen molar-refractivity contribution in [2.24, 2.45) is 0 Å². The van der Waals surface area contributed by atoms with E-state index in [0.29, 0.717) is 11.1 Å². The van der Waals surface area contributed by atoms with Gasteiger partial charge in [-0.1, -0.05) is 66.7 Å². The van der Waals surface area contributed by atoms with Crippen LogP contribution in [0.25, 0.3) is 32.4 Å². The highest BCUT2D eigenvalue weighted by molar-refractivity contribution is 6.07. The molecular weight excluding hydrogens is 400 g/mol. The number of aromatic nitrogens is 1. The number of rotatable bonds is 5. The number of aliphatic carboxylic acids is 1. The second-order valence-corrected chi connectivity index (χ2v) is 7.75. The lowest BCUT2D eigenvalue weighted by Crippen LogP contribution is -2.42. The smallest absolute Gasteiger partial charge is 0.326 e. The van der Waals surface area contributed by atoms with Crippen molar-refractivity contribution in [1.82, 2.24) is 10.3 Å². The molecule has 5 heteroatoms. The van der Waals surface area contributed by atoms with Gasteiger partial charge in [0.15, 0.2) is 0 Å². The lowest BCUT2D eigenvalue weighted by Gasteiger charge is -2.18. The van der Waals surface area contributed by atoms with Gasteiger partial charge in [-0.3, -0.25) is 9.78 Å². The average molecular weight is 420 g/mol. The van der Waals surface area contributed by atoms with Crippen molar-refractivity contribution in [3.63, 3.8) is 0 Å². The van der Waals surface area contributed by atoms with Crippen LogP contribution >= 0.6 is 0 Å². The van der Waals surface area contributed by atoms with Crippen LogP contribution in [0.1, 0.15) is 15.9 Å². The van der Waals surface area contributed by atoms with Crippen LogP contribution in [0, 0.1) is 0 Å². The van der Waals surface area contributed by atoms with Crippen LogP contribution < -0.4 is 5.32 Å². The van der Waals surface area contributed by atoms with E-state index in [1.54, 1.807) is 24.4 Å². The van der Waals surface area contributed by atoms with E-state index in [2.05, 4.69) is 16.4 Å². The SMILES string of the molecule is O=C(N[C@H](Cc1c2ccccc2cc2ccccc12)C(=O)O)c1cccc2cccnc12. The minimum absolute atomic E-state index is 0.168. The number of hydrogen-bond donors (Lipinski definition) is 2. The zero-order chi connectivity index (χ0) is 22.1. The van der Waals surface area contributed by atoms with E-state index in [4.69, 9.17) is 0 Å². The summed E-state index contributed by atoms with van der Waals surface area (Å²) in [6, 6.07) is 25.8. The Kier molecular flexibility index (Phi) is 5.00. The molecule has 1 aromatic heterocycles. The predicted octanol–water partition coefficient (Wildman–Crippen LogP) is 4.97. The Morgan fingerprint density at radius 1 is 0.812 bits per heavy atom. The van der Waals surface area contributed by atoms with Gasteiger partial charge in [0.05, 0.1) is 11.1 Å². The van der Waals surface area contributed by atoms with Crippen LogP contribution in [0.5, 0.6) is 0 Å². The Bertz CT molecular complexity index is 1430. The fourth-order valence-corrected chi connectivity index (χ4v) is 4.26. The minimum Gasteiger partial charge on any atom is -0.480 e. The first kappa shape index (κ1) is 19.7. The predicted molar refractivity (Wildman–Crippen MR) is 126 cm³/mol. The first-order valence-electron chi connectivity index (χ1n) is 10.4. The lowest BCUT2D eigenvalue weighted by atomic mass is 9.92. The maximum Gasteiger partial charge on any atom is 0.326 e. The first-order valence-corrected chi connectivity index (χ1v) is 10.4. The molecule has 0 aliphatic carbocycles. The van der Waals surface area contributed by atoms with E-state index < -0.39 is 17.9 Å². The Hall–Kier alpha value is -4.25. The van der Waals surface area contributed by atoms with Gasteiger partial charge in [0.1, 0.15) is 6.04 Å². The van der Waals surface area contributed by atoms with Crippen molar-refractivity contribution < 1.29 is 14.7 Å².